The van der Waals surface area contributed by atoms with Crippen molar-refractivity contribution in [3.63, 3.8) is 0 Å². The predicted octanol–water partition coefficient (Wildman–Crippen LogP) is -1.34. The van der Waals surface area contributed by atoms with Gasteiger partial charge in [-0.25, -0.2) is 18.1 Å². The summed E-state index contributed by atoms with van der Waals surface area (Å²) >= 11 is 4.84. The molecule has 1 aliphatic rings. The standard InChI is InChI=1S/C10H16FN2O15P3S/c11-10(3-25-30(21,22)28-31(23,24)27-29(18,19)20)6(16)5(15)8(26-10)13-1-4(2-14)7(17)12-9(13)32/h1,5-6,8,14-16H,2-3H2,(H,21,22)(H,23,24)(H,12,17,32)(H2,18,19,20)/t5-,6+,8-,10-/m1/s1. The van der Waals surface area contributed by atoms with E-state index >= 15 is 4.39 Å². The van der Waals surface area contributed by atoms with Crippen LogP contribution < -0.4 is 5.56 Å². The second kappa shape index (κ2) is 9.50. The molecule has 1 aromatic heterocycles. The zero-order valence-corrected chi connectivity index (χ0v) is 18.7. The van der Waals surface area contributed by atoms with E-state index in [1.54, 1.807) is 0 Å². The lowest BCUT2D eigenvalue weighted by Gasteiger charge is -2.24. The molecule has 8 N–H and O–H groups in total. The van der Waals surface area contributed by atoms with Gasteiger partial charge in [0.15, 0.2) is 11.0 Å². The third-order valence-electron chi connectivity index (χ3n) is 3.70. The number of aliphatic hydroxyl groups excluding tert-OH is 3. The van der Waals surface area contributed by atoms with Gasteiger partial charge in [0.25, 0.3) is 11.4 Å². The molecule has 0 spiro atoms. The van der Waals surface area contributed by atoms with Crippen LogP contribution in [0.2, 0.25) is 0 Å². The Morgan fingerprint density at radius 2 is 1.78 bits per heavy atom. The lowest BCUT2D eigenvalue weighted by Crippen LogP contribution is -2.42. The molecule has 0 radical (unpaired) electrons. The summed E-state index contributed by atoms with van der Waals surface area (Å²) in [6.45, 7) is -2.52. The Bertz CT molecular complexity index is 1120. The Morgan fingerprint density at radius 3 is 2.31 bits per heavy atom. The molecule has 6 atom stereocenters. The van der Waals surface area contributed by atoms with Crippen molar-refractivity contribution in [3.8, 4) is 0 Å². The molecule has 22 heteroatoms. The normalized spacial score (nSPS) is 30.1. The lowest BCUT2D eigenvalue weighted by molar-refractivity contribution is -0.204. The summed E-state index contributed by atoms with van der Waals surface area (Å²) in [6, 6.07) is 0. The number of hydrogen-bond donors (Lipinski definition) is 8. The molecule has 2 rings (SSSR count). The summed E-state index contributed by atoms with van der Waals surface area (Å²) in [7, 11) is -17.3. The third kappa shape index (κ3) is 6.66. The molecule has 2 heterocycles. The topological polar surface area (TPSA) is 268 Å². The van der Waals surface area contributed by atoms with Crippen LogP contribution in [0.4, 0.5) is 4.39 Å². The van der Waals surface area contributed by atoms with Crippen molar-refractivity contribution in [1.82, 2.24) is 9.55 Å². The van der Waals surface area contributed by atoms with Gasteiger partial charge in [0, 0.05) is 6.20 Å². The molecule has 0 aliphatic carbocycles. The number of halogens is 1. The first-order valence-corrected chi connectivity index (χ1v) is 12.8. The van der Waals surface area contributed by atoms with Gasteiger partial charge < -0.3 is 39.6 Å². The van der Waals surface area contributed by atoms with Gasteiger partial charge in [-0.3, -0.25) is 18.9 Å². The van der Waals surface area contributed by atoms with E-state index in [4.69, 9.17) is 36.7 Å². The monoisotopic (exact) mass is 548 g/mol. The summed E-state index contributed by atoms with van der Waals surface area (Å²) in [5.74, 6) is -3.47. The fourth-order valence-electron chi connectivity index (χ4n) is 2.39. The van der Waals surface area contributed by atoms with Crippen molar-refractivity contribution in [1.29, 1.82) is 0 Å². The average Bonchev–Trinajstić information content (AvgIpc) is 2.82. The quantitative estimate of drug-likeness (QED) is 0.131. The Balaban J connectivity index is 2.20. The van der Waals surface area contributed by atoms with Crippen molar-refractivity contribution in [2.75, 3.05) is 6.61 Å². The maximum absolute atomic E-state index is 15.0. The van der Waals surface area contributed by atoms with Crippen LogP contribution in [0.1, 0.15) is 11.8 Å². The molecule has 1 fully saturated rings. The van der Waals surface area contributed by atoms with Gasteiger partial charge >= 0.3 is 23.5 Å². The van der Waals surface area contributed by atoms with Gasteiger partial charge in [0.1, 0.15) is 18.8 Å². The minimum absolute atomic E-state index is 0.284. The van der Waals surface area contributed by atoms with Gasteiger partial charge in [0.05, 0.1) is 12.2 Å². The second-order valence-electron chi connectivity index (χ2n) is 6.07. The number of alkyl halides is 1. The zero-order valence-electron chi connectivity index (χ0n) is 15.2. The maximum Gasteiger partial charge on any atom is 0.490 e. The molecule has 184 valence electrons. The van der Waals surface area contributed by atoms with Gasteiger partial charge in [-0.1, -0.05) is 0 Å². The highest BCUT2D eigenvalue weighted by Gasteiger charge is 2.57. The Kier molecular flexibility index (Phi) is 8.17. The molecule has 0 bridgehead atoms. The summed E-state index contributed by atoms with van der Waals surface area (Å²) < 4.78 is 64.7. The van der Waals surface area contributed by atoms with E-state index in [1.807, 2.05) is 0 Å². The summed E-state index contributed by atoms with van der Waals surface area (Å²) in [4.78, 5) is 49.0. The highest BCUT2D eigenvalue weighted by atomic mass is 32.1. The van der Waals surface area contributed by atoms with Crippen LogP contribution in [0.5, 0.6) is 0 Å². The molecule has 17 nitrogen and oxygen atoms in total. The van der Waals surface area contributed by atoms with Crippen molar-refractivity contribution in [2.45, 2.75) is 30.9 Å². The van der Waals surface area contributed by atoms with E-state index in [2.05, 4.69) is 18.1 Å². The summed E-state index contributed by atoms with van der Waals surface area (Å²) in [5.41, 5.74) is -1.09. The van der Waals surface area contributed by atoms with E-state index in [9.17, 15) is 33.6 Å². The molecule has 2 unspecified atom stereocenters. The van der Waals surface area contributed by atoms with Gasteiger partial charge in [0.2, 0.25) is 0 Å². The highest BCUT2D eigenvalue weighted by Crippen LogP contribution is 2.66. The first-order valence-electron chi connectivity index (χ1n) is 7.86. The van der Waals surface area contributed by atoms with Crippen LogP contribution in [0.3, 0.4) is 0 Å². The van der Waals surface area contributed by atoms with Gasteiger partial charge in [-0.15, -0.1) is 0 Å². The predicted molar refractivity (Wildman–Crippen MR) is 97.6 cm³/mol. The van der Waals surface area contributed by atoms with Gasteiger partial charge in [-0.2, -0.15) is 8.62 Å². The van der Waals surface area contributed by atoms with Crippen molar-refractivity contribution in [3.05, 3.63) is 26.9 Å². The Labute approximate surface area is 181 Å². The molecule has 0 amide bonds. The minimum Gasteiger partial charge on any atom is -0.391 e. The SMILES string of the molecule is O=c1[nH]c(=S)n([C@@H]2O[C@](F)(COP(=O)(O)OP(=O)(O)OP(=O)(O)O)[C@@H](O)[C@H]2O)cc1CO. The van der Waals surface area contributed by atoms with Crippen molar-refractivity contribution < 1.29 is 70.9 Å². The third-order valence-corrected chi connectivity index (χ3v) is 7.80. The number of rotatable bonds is 9. The smallest absolute Gasteiger partial charge is 0.391 e. The number of nitrogens with zero attached hydrogens (tertiary/aromatic N) is 1. The fraction of sp³-hybridized carbons (Fsp3) is 0.600. The maximum atomic E-state index is 15.0. The zero-order chi connectivity index (χ0) is 24.7. The molecule has 0 saturated carbocycles. The molecular weight excluding hydrogens is 532 g/mol. The number of phosphoric acid groups is 3. The van der Waals surface area contributed by atoms with E-state index in [-0.39, 0.29) is 5.56 Å². The Morgan fingerprint density at radius 1 is 1.19 bits per heavy atom. The highest BCUT2D eigenvalue weighted by molar-refractivity contribution is 7.71. The number of aromatic nitrogens is 2. The molecular formula is C10H16FN2O15P3S. The van der Waals surface area contributed by atoms with Crippen LogP contribution >= 0.6 is 35.7 Å². The molecule has 1 aromatic rings. The fourth-order valence-corrected chi connectivity index (χ4v) is 5.68. The first kappa shape index (κ1) is 27.5. The van der Waals surface area contributed by atoms with Crippen LogP contribution in [-0.2, 0) is 38.2 Å². The molecule has 1 saturated heterocycles. The molecule has 32 heavy (non-hydrogen) atoms. The number of H-pyrrole nitrogens is 1. The van der Waals surface area contributed by atoms with Crippen molar-refractivity contribution >= 4 is 35.7 Å². The van der Waals surface area contributed by atoms with Gasteiger partial charge in [-0.05, 0) is 12.2 Å². The molecule has 1 aliphatic heterocycles. The minimum atomic E-state index is -5.88. The van der Waals surface area contributed by atoms with E-state index in [1.165, 1.54) is 0 Å². The average molecular weight is 548 g/mol. The van der Waals surface area contributed by atoms with Crippen LogP contribution in [0.15, 0.2) is 11.0 Å². The summed E-state index contributed by atoms with van der Waals surface area (Å²) in [6.07, 6.45) is -5.57. The lowest BCUT2D eigenvalue weighted by atomic mass is 10.1. The second-order valence-corrected chi connectivity index (χ2v) is 10.9. The first-order chi connectivity index (χ1) is 14.4. The Hall–Kier alpha value is -0.720. The van der Waals surface area contributed by atoms with E-state index < -0.39 is 71.3 Å². The van der Waals surface area contributed by atoms with Crippen LogP contribution in [0, 0.1) is 4.77 Å². The number of phosphoric ester groups is 1. The number of aliphatic hydroxyl groups is 3. The number of ether oxygens (including phenoxy) is 1. The van der Waals surface area contributed by atoms with Crippen LogP contribution in [-0.4, -0.2) is 69.1 Å². The number of hydrogen-bond acceptors (Lipinski definition) is 12. The van der Waals surface area contributed by atoms with Crippen LogP contribution in [0.25, 0.3) is 0 Å². The number of aromatic amines is 1. The number of nitrogens with one attached hydrogen (secondary N) is 1. The largest absolute Gasteiger partial charge is 0.490 e. The van der Waals surface area contributed by atoms with Crippen molar-refractivity contribution in [2.24, 2.45) is 0 Å². The van der Waals surface area contributed by atoms with E-state index in [0.717, 1.165) is 10.8 Å². The molecule has 0 aromatic carbocycles. The van der Waals surface area contributed by atoms with E-state index in [0.29, 0.717) is 0 Å². The summed E-state index contributed by atoms with van der Waals surface area (Å²) in [5, 5.41) is 29.2.